The van der Waals surface area contributed by atoms with Gasteiger partial charge >= 0.3 is 5.97 Å². The van der Waals surface area contributed by atoms with E-state index >= 15 is 0 Å². The molecule has 0 radical (unpaired) electrons. The summed E-state index contributed by atoms with van der Waals surface area (Å²) in [6.07, 6.45) is 1.83. The molecule has 98 valence electrons. The van der Waals surface area contributed by atoms with Crippen LogP contribution in [-0.4, -0.2) is 32.4 Å². The van der Waals surface area contributed by atoms with Crippen molar-refractivity contribution in [3.63, 3.8) is 0 Å². The fraction of sp³-hybridized carbons (Fsp3) is 0.462. The summed E-state index contributed by atoms with van der Waals surface area (Å²) in [6.45, 7) is 1.30. The zero-order valence-electron chi connectivity index (χ0n) is 10.3. The van der Waals surface area contributed by atoms with Gasteiger partial charge in [-0.3, -0.25) is 0 Å². The molecule has 1 aromatic carbocycles. The van der Waals surface area contributed by atoms with Crippen LogP contribution in [0.3, 0.4) is 0 Å². The average Bonchev–Trinajstić information content (AvgIpc) is 2.39. The van der Waals surface area contributed by atoms with Crippen molar-refractivity contribution in [1.29, 1.82) is 0 Å². The van der Waals surface area contributed by atoms with Crippen molar-refractivity contribution < 1.29 is 19.0 Å². The molecule has 0 amide bonds. The molecular weight excluding hydrogens is 234 g/mol. The van der Waals surface area contributed by atoms with Crippen LogP contribution in [0.2, 0.25) is 0 Å². The average molecular weight is 251 g/mol. The zero-order chi connectivity index (χ0) is 13.0. The Bertz CT molecular complexity index is 427. The molecule has 1 heterocycles. The van der Waals surface area contributed by atoms with Gasteiger partial charge in [-0.25, -0.2) is 4.79 Å². The second-order valence-electron chi connectivity index (χ2n) is 4.17. The van der Waals surface area contributed by atoms with Crippen molar-refractivity contribution in [2.45, 2.75) is 18.9 Å². The highest BCUT2D eigenvalue weighted by molar-refractivity contribution is 5.98. The van der Waals surface area contributed by atoms with Crippen LogP contribution in [0.4, 0.5) is 5.69 Å². The van der Waals surface area contributed by atoms with E-state index in [0.717, 1.165) is 19.4 Å². The maximum absolute atomic E-state index is 11.7. The summed E-state index contributed by atoms with van der Waals surface area (Å²) in [5.74, 6) is -0.0304. The predicted molar refractivity (Wildman–Crippen MR) is 66.7 cm³/mol. The van der Waals surface area contributed by atoms with E-state index in [0.29, 0.717) is 18.0 Å². The Morgan fingerprint density at radius 3 is 3.00 bits per heavy atom. The van der Waals surface area contributed by atoms with Crippen molar-refractivity contribution in [1.82, 2.24) is 0 Å². The third-order valence-corrected chi connectivity index (χ3v) is 2.86. The minimum atomic E-state index is -0.486. The third-order valence-electron chi connectivity index (χ3n) is 2.86. The molecule has 1 aromatic rings. The van der Waals surface area contributed by atoms with Gasteiger partial charge in [0.05, 0.1) is 13.7 Å². The lowest BCUT2D eigenvalue weighted by Crippen LogP contribution is -2.28. The lowest BCUT2D eigenvalue weighted by molar-refractivity contribution is 0.00668. The first-order valence-electron chi connectivity index (χ1n) is 5.93. The molecular formula is C13H17NO4. The summed E-state index contributed by atoms with van der Waals surface area (Å²) in [6, 6.07) is 5.12. The number of nitrogens with two attached hydrogens (primary N) is 1. The van der Waals surface area contributed by atoms with Gasteiger partial charge in [-0.2, -0.15) is 0 Å². The Kier molecular flexibility index (Phi) is 4.04. The number of anilines is 1. The lowest BCUT2D eigenvalue weighted by Gasteiger charge is -2.24. The van der Waals surface area contributed by atoms with E-state index in [1.165, 1.54) is 7.11 Å². The Morgan fingerprint density at radius 2 is 2.33 bits per heavy atom. The highest BCUT2D eigenvalue weighted by atomic mass is 16.5. The van der Waals surface area contributed by atoms with E-state index in [4.69, 9.17) is 19.9 Å². The lowest BCUT2D eigenvalue weighted by atomic mass is 10.1. The summed E-state index contributed by atoms with van der Waals surface area (Å²) >= 11 is 0. The molecule has 5 heteroatoms. The van der Waals surface area contributed by atoms with Crippen LogP contribution in [0, 0.1) is 0 Å². The second-order valence-corrected chi connectivity index (χ2v) is 4.17. The van der Waals surface area contributed by atoms with Gasteiger partial charge in [-0.15, -0.1) is 0 Å². The number of ether oxygens (including phenoxy) is 3. The molecule has 1 aliphatic heterocycles. The van der Waals surface area contributed by atoms with Crippen molar-refractivity contribution in [3.8, 4) is 5.75 Å². The number of carbonyl (C=O) groups is 1. The van der Waals surface area contributed by atoms with Crippen LogP contribution in [0.25, 0.3) is 0 Å². The molecule has 1 unspecified atom stereocenters. The highest BCUT2D eigenvalue weighted by Gasteiger charge is 2.21. The Balaban J connectivity index is 2.20. The Morgan fingerprint density at radius 1 is 1.50 bits per heavy atom. The summed E-state index contributed by atoms with van der Waals surface area (Å²) in [5.41, 5.74) is 6.43. The molecule has 0 aromatic heterocycles. The fourth-order valence-electron chi connectivity index (χ4n) is 1.95. The summed E-state index contributed by atoms with van der Waals surface area (Å²) < 4.78 is 15.8. The topological polar surface area (TPSA) is 70.8 Å². The fourth-order valence-corrected chi connectivity index (χ4v) is 1.95. The van der Waals surface area contributed by atoms with Gasteiger partial charge in [0.2, 0.25) is 0 Å². The number of carbonyl (C=O) groups excluding carboxylic acids is 1. The van der Waals surface area contributed by atoms with Crippen LogP contribution in [0.5, 0.6) is 5.75 Å². The Hall–Kier alpha value is -1.75. The number of nitrogen functional groups attached to an aromatic ring is 1. The smallest absolute Gasteiger partial charge is 0.343 e. The van der Waals surface area contributed by atoms with Gasteiger partial charge in [0.25, 0.3) is 0 Å². The predicted octanol–water partition coefficient (Wildman–Crippen LogP) is 1.61. The summed E-state index contributed by atoms with van der Waals surface area (Å²) in [4.78, 5) is 11.7. The largest absolute Gasteiger partial charge is 0.487 e. The molecule has 1 saturated heterocycles. The minimum Gasteiger partial charge on any atom is -0.487 e. The van der Waals surface area contributed by atoms with Crippen molar-refractivity contribution in [2.75, 3.05) is 26.1 Å². The van der Waals surface area contributed by atoms with Crippen LogP contribution < -0.4 is 10.5 Å². The molecule has 0 aliphatic carbocycles. The summed E-state index contributed by atoms with van der Waals surface area (Å²) in [7, 11) is 1.32. The summed E-state index contributed by atoms with van der Waals surface area (Å²) in [5, 5.41) is 0. The maximum atomic E-state index is 11.7. The molecule has 18 heavy (non-hydrogen) atoms. The van der Waals surface area contributed by atoms with Crippen LogP contribution in [0.1, 0.15) is 23.2 Å². The van der Waals surface area contributed by atoms with Gasteiger partial charge in [0.1, 0.15) is 17.4 Å². The molecule has 2 rings (SSSR count). The molecule has 1 aliphatic rings. The van der Waals surface area contributed by atoms with Crippen LogP contribution in [-0.2, 0) is 9.47 Å². The molecule has 1 atom stereocenters. The monoisotopic (exact) mass is 251 g/mol. The number of hydrogen-bond acceptors (Lipinski definition) is 5. The van der Waals surface area contributed by atoms with Gasteiger partial charge < -0.3 is 19.9 Å². The highest BCUT2D eigenvalue weighted by Crippen LogP contribution is 2.27. The standard InChI is InChI=1S/C13H17NO4/c1-16-13(15)12-10(14)5-2-6-11(12)18-9-4-3-7-17-8-9/h2,5-6,9H,3-4,7-8,14H2,1H3. The number of methoxy groups -OCH3 is 1. The zero-order valence-corrected chi connectivity index (χ0v) is 10.3. The van der Waals surface area contributed by atoms with E-state index in [2.05, 4.69) is 0 Å². The van der Waals surface area contributed by atoms with Gasteiger partial charge in [0.15, 0.2) is 0 Å². The van der Waals surface area contributed by atoms with Crippen molar-refractivity contribution >= 4 is 11.7 Å². The van der Waals surface area contributed by atoms with Crippen LogP contribution in [0.15, 0.2) is 18.2 Å². The van der Waals surface area contributed by atoms with Gasteiger partial charge in [-0.05, 0) is 25.0 Å². The van der Waals surface area contributed by atoms with E-state index in [1.807, 2.05) is 0 Å². The number of esters is 1. The molecule has 0 spiro atoms. The van der Waals surface area contributed by atoms with Crippen LogP contribution >= 0.6 is 0 Å². The Labute approximate surface area is 106 Å². The maximum Gasteiger partial charge on any atom is 0.343 e. The first-order chi connectivity index (χ1) is 8.72. The molecule has 5 nitrogen and oxygen atoms in total. The van der Waals surface area contributed by atoms with E-state index < -0.39 is 5.97 Å². The van der Waals surface area contributed by atoms with Gasteiger partial charge in [0, 0.05) is 12.3 Å². The van der Waals surface area contributed by atoms with Crippen molar-refractivity contribution in [3.05, 3.63) is 23.8 Å². The quantitative estimate of drug-likeness (QED) is 0.653. The molecule has 0 bridgehead atoms. The van der Waals surface area contributed by atoms with Gasteiger partial charge in [-0.1, -0.05) is 6.07 Å². The minimum absolute atomic E-state index is 0.0380. The number of hydrogen-bond donors (Lipinski definition) is 1. The normalized spacial score (nSPS) is 19.3. The SMILES string of the molecule is COC(=O)c1c(N)cccc1OC1CCCOC1. The second kappa shape index (κ2) is 5.73. The van der Waals surface area contributed by atoms with E-state index in [1.54, 1.807) is 18.2 Å². The third kappa shape index (κ3) is 2.73. The first-order valence-corrected chi connectivity index (χ1v) is 5.93. The van der Waals surface area contributed by atoms with E-state index in [9.17, 15) is 4.79 Å². The van der Waals surface area contributed by atoms with Crippen molar-refractivity contribution in [2.24, 2.45) is 0 Å². The molecule has 0 saturated carbocycles. The molecule has 2 N–H and O–H groups in total. The van der Waals surface area contributed by atoms with E-state index in [-0.39, 0.29) is 11.7 Å². The molecule has 1 fully saturated rings. The first kappa shape index (κ1) is 12.7. The number of rotatable bonds is 3. The number of benzene rings is 1.